The Morgan fingerprint density at radius 2 is 1.64 bits per heavy atom. The highest BCUT2D eigenvalue weighted by atomic mass is 13.9. The first-order chi connectivity index (χ1) is 6.91. The van der Waals surface area contributed by atoms with Crippen molar-refractivity contribution in [1.29, 1.82) is 0 Å². The monoisotopic (exact) mass is 190 g/mol. The molecule has 0 saturated heterocycles. The molecule has 0 rings (SSSR count). The van der Waals surface area contributed by atoms with Gasteiger partial charge in [-0.05, 0) is 39.0 Å². The van der Waals surface area contributed by atoms with Crippen molar-refractivity contribution in [2.24, 2.45) is 0 Å². The van der Waals surface area contributed by atoms with E-state index in [4.69, 9.17) is 0 Å². The minimum Gasteiger partial charge on any atom is -0.0991 e. The molecule has 0 heteroatoms. The van der Waals surface area contributed by atoms with Crippen LogP contribution in [0.5, 0.6) is 0 Å². The molecule has 0 aromatic carbocycles. The van der Waals surface area contributed by atoms with Crippen molar-refractivity contribution in [2.75, 3.05) is 0 Å². The van der Waals surface area contributed by atoms with Gasteiger partial charge in [0.1, 0.15) is 0 Å². The van der Waals surface area contributed by atoms with Gasteiger partial charge in [-0.3, -0.25) is 0 Å². The van der Waals surface area contributed by atoms with E-state index in [-0.39, 0.29) is 0 Å². The fourth-order valence-electron chi connectivity index (χ4n) is 1.15. The quantitative estimate of drug-likeness (QED) is 0.293. The highest BCUT2D eigenvalue weighted by molar-refractivity contribution is 4.97. The molecule has 0 N–H and O–H groups in total. The van der Waals surface area contributed by atoms with Gasteiger partial charge < -0.3 is 0 Å². The smallest absolute Gasteiger partial charge is 0.0169 e. The second-order valence-corrected chi connectivity index (χ2v) is 3.22. The molecule has 0 unspecified atom stereocenters. The predicted octanol–water partition coefficient (Wildman–Crippen LogP) is 4.81. The summed E-state index contributed by atoms with van der Waals surface area (Å²) in [5.41, 5.74) is 0. The molecule has 0 aliphatic carbocycles. The fraction of sp³-hybridized carbons (Fsp3) is 0.429. The second-order valence-electron chi connectivity index (χ2n) is 3.22. The topological polar surface area (TPSA) is 0 Å². The van der Waals surface area contributed by atoms with Crippen molar-refractivity contribution >= 4 is 0 Å². The van der Waals surface area contributed by atoms with Crippen LogP contribution in [0.4, 0.5) is 0 Å². The van der Waals surface area contributed by atoms with Gasteiger partial charge in [0, 0.05) is 0 Å². The van der Waals surface area contributed by atoms with Crippen LogP contribution in [0.1, 0.15) is 39.0 Å². The molecule has 0 nitrogen and oxygen atoms in total. The summed E-state index contributed by atoms with van der Waals surface area (Å²) in [6.45, 7) is 5.69. The summed E-state index contributed by atoms with van der Waals surface area (Å²) < 4.78 is 0. The van der Waals surface area contributed by atoms with Crippen LogP contribution in [0.15, 0.2) is 49.1 Å². The zero-order valence-electron chi connectivity index (χ0n) is 9.28. The van der Waals surface area contributed by atoms with E-state index in [1.165, 1.54) is 25.7 Å². The lowest BCUT2D eigenvalue weighted by Gasteiger charge is -1.92. The maximum atomic E-state index is 3.63. The van der Waals surface area contributed by atoms with Crippen molar-refractivity contribution < 1.29 is 0 Å². The van der Waals surface area contributed by atoms with Gasteiger partial charge in [-0.25, -0.2) is 0 Å². The Kier molecular flexibility index (Phi) is 11.1. The molecule has 0 heterocycles. The van der Waals surface area contributed by atoms with Gasteiger partial charge in [-0.1, -0.05) is 49.1 Å². The van der Waals surface area contributed by atoms with Crippen molar-refractivity contribution in [1.82, 2.24) is 0 Å². The van der Waals surface area contributed by atoms with Crippen LogP contribution in [-0.2, 0) is 0 Å². The molecule has 0 amide bonds. The average molecular weight is 190 g/mol. The van der Waals surface area contributed by atoms with Gasteiger partial charge in [0.25, 0.3) is 0 Å². The number of rotatable bonds is 8. The normalized spacial score (nSPS) is 12.1. The summed E-state index contributed by atoms with van der Waals surface area (Å²) in [6, 6.07) is 0. The maximum Gasteiger partial charge on any atom is -0.0169 e. The first kappa shape index (κ1) is 13.0. The van der Waals surface area contributed by atoms with E-state index >= 15 is 0 Å². The SMILES string of the molecule is C=CC=CCCCCC=CCC=CC. The molecular weight excluding hydrogens is 168 g/mol. The van der Waals surface area contributed by atoms with E-state index in [2.05, 4.69) is 43.9 Å². The minimum absolute atomic E-state index is 1.08. The first-order valence-corrected chi connectivity index (χ1v) is 5.45. The number of hydrogen-bond donors (Lipinski definition) is 0. The largest absolute Gasteiger partial charge is 0.0991 e. The Morgan fingerprint density at radius 3 is 2.29 bits per heavy atom. The molecule has 0 aliphatic heterocycles. The van der Waals surface area contributed by atoms with Gasteiger partial charge >= 0.3 is 0 Å². The minimum atomic E-state index is 1.08. The summed E-state index contributed by atoms with van der Waals surface area (Å²) in [6.07, 6.45) is 20.8. The van der Waals surface area contributed by atoms with Crippen molar-refractivity contribution in [2.45, 2.75) is 39.0 Å². The van der Waals surface area contributed by atoms with Crippen molar-refractivity contribution in [3.8, 4) is 0 Å². The van der Waals surface area contributed by atoms with E-state index in [9.17, 15) is 0 Å². The van der Waals surface area contributed by atoms with E-state index in [0.717, 1.165) is 6.42 Å². The maximum absolute atomic E-state index is 3.63. The summed E-state index contributed by atoms with van der Waals surface area (Å²) in [4.78, 5) is 0. The van der Waals surface area contributed by atoms with Crippen molar-refractivity contribution in [3.63, 3.8) is 0 Å². The molecule has 0 fully saturated rings. The summed E-state index contributed by atoms with van der Waals surface area (Å²) in [5, 5.41) is 0. The summed E-state index contributed by atoms with van der Waals surface area (Å²) in [5.74, 6) is 0. The van der Waals surface area contributed by atoms with Crippen LogP contribution in [0.3, 0.4) is 0 Å². The zero-order chi connectivity index (χ0) is 10.5. The Hall–Kier alpha value is -1.04. The zero-order valence-corrected chi connectivity index (χ0v) is 9.28. The van der Waals surface area contributed by atoms with Crippen molar-refractivity contribution in [3.05, 3.63) is 49.1 Å². The van der Waals surface area contributed by atoms with E-state index in [0.29, 0.717) is 0 Å². The van der Waals surface area contributed by atoms with Crippen LogP contribution in [0.25, 0.3) is 0 Å². The van der Waals surface area contributed by atoms with Crippen LogP contribution in [-0.4, -0.2) is 0 Å². The predicted molar refractivity (Wildman–Crippen MR) is 66.4 cm³/mol. The lowest BCUT2D eigenvalue weighted by molar-refractivity contribution is 0.761. The fourth-order valence-corrected chi connectivity index (χ4v) is 1.15. The molecule has 0 aromatic heterocycles. The lowest BCUT2D eigenvalue weighted by Crippen LogP contribution is -1.72. The standard InChI is InChI=1S/C14H22/c1-3-5-7-9-11-13-14-12-10-8-6-4-2/h3-7,10,12H,1,8-9,11,13-14H2,2H3. The van der Waals surface area contributed by atoms with Gasteiger partial charge in [0.15, 0.2) is 0 Å². The molecule has 0 aromatic rings. The summed E-state index contributed by atoms with van der Waals surface area (Å²) in [7, 11) is 0. The third-order valence-corrected chi connectivity index (χ3v) is 1.94. The molecule has 14 heavy (non-hydrogen) atoms. The van der Waals surface area contributed by atoms with Crippen LogP contribution in [0, 0.1) is 0 Å². The molecule has 0 aliphatic rings. The molecule has 0 radical (unpaired) electrons. The van der Waals surface area contributed by atoms with E-state index < -0.39 is 0 Å². The highest BCUT2D eigenvalue weighted by Crippen LogP contribution is 2.02. The van der Waals surface area contributed by atoms with Crippen LogP contribution < -0.4 is 0 Å². The van der Waals surface area contributed by atoms with Gasteiger partial charge in [-0.2, -0.15) is 0 Å². The van der Waals surface area contributed by atoms with E-state index in [1.54, 1.807) is 0 Å². The molecule has 0 bridgehead atoms. The van der Waals surface area contributed by atoms with E-state index in [1.807, 2.05) is 12.2 Å². The second kappa shape index (κ2) is 12.0. The third-order valence-electron chi connectivity index (χ3n) is 1.94. The molecule has 0 saturated carbocycles. The molecule has 78 valence electrons. The number of unbranched alkanes of at least 4 members (excludes halogenated alkanes) is 3. The highest BCUT2D eigenvalue weighted by Gasteiger charge is 1.82. The lowest BCUT2D eigenvalue weighted by atomic mass is 10.1. The molecular formula is C14H22. The first-order valence-electron chi connectivity index (χ1n) is 5.45. The van der Waals surface area contributed by atoms with Gasteiger partial charge in [0.2, 0.25) is 0 Å². The Morgan fingerprint density at radius 1 is 0.929 bits per heavy atom. The summed E-state index contributed by atoms with van der Waals surface area (Å²) >= 11 is 0. The van der Waals surface area contributed by atoms with Gasteiger partial charge in [-0.15, -0.1) is 0 Å². The number of allylic oxidation sites excluding steroid dienone is 7. The molecule has 0 spiro atoms. The Balaban J connectivity index is 3.16. The van der Waals surface area contributed by atoms with Crippen LogP contribution >= 0.6 is 0 Å². The number of hydrogen-bond acceptors (Lipinski definition) is 0. The van der Waals surface area contributed by atoms with Gasteiger partial charge in [0.05, 0.1) is 0 Å². The van der Waals surface area contributed by atoms with Crippen LogP contribution in [0.2, 0.25) is 0 Å². The third kappa shape index (κ3) is 11.0. The molecule has 0 atom stereocenters. The average Bonchev–Trinajstić information content (AvgIpc) is 2.21. The Bertz CT molecular complexity index is 194. The Labute approximate surface area is 88.7 Å².